The fraction of sp³-hybridized carbons (Fsp3) is 0.586. The van der Waals surface area contributed by atoms with Crippen molar-refractivity contribution >= 4 is 11.9 Å². The Morgan fingerprint density at radius 3 is 1.53 bits per heavy atom. The van der Waals surface area contributed by atoms with Gasteiger partial charge in [0, 0.05) is 23.1 Å². The van der Waals surface area contributed by atoms with Gasteiger partial charge in [-0.25, -0.2) is 19.3 Å². The number of rotatable bonds is 19. The maximum atomic E-state index is 12.5. The van der Waals surface area contributed by atoms with Crippen LogP contribution in [0.4, 0.5) is 0 Å². The molecule has 0 radical (unpaired) electrons. The molecule has 0 bridgehead atoms. The molecule has 0 amide bonds. The molecule has 5 nitrogen and oxygen atoms in total. The smallest absolute Gasteiger partial charge is 0.240 e. The molecular weight excluding hydrogens is 426 g/mol. The van der Waals surface area contributed by atoms with Crippen molar-refractivity contribution in [2.24, 2.45) is 0 Å². The fourth-order valence-corrected chi connectivity index (χ4v) is 3.77. The van der Waals surface area contributed by atoms with Crippen molar-refractivity contribution in [3.05, 3.63) is 60.2 Å². The molecular formula is C29H46NO4+. The molecule has 0 unspecified atom stereocenters. The zero-order chi connectivity index (χ0) is 25.2. The minimum Gasteiger partial charge on any atom is -0.240 e. The van der Waals surface area contributed by atoms with E-state index in [9.17, 15) is 9.59 Å². The number of benzene rings is 1. The van der Waals surface area contributed by atoms with Crippen molar-refractivity contribution in [3.63, 3.8) is 0 Å². The van der Waals surface area contributed by atoms with Crippen LogP contribution in [0.1, 0.15) is 103 Å². The Morgan fingerprint density at radius 1 is 0.706 bits per heavy atom. The van der Waals surface area contributed by atoms with Crippen LogP contribution in [0.25, 0.3) is 0 Å². The Hall–Kier alpha value is -2.40. The second kappa shape index (κ2) is 17.1. The fourth-order valence-electron chi connectivity index (χ4n) is 3.77. The van der Waals surface area contributed by atoms with Crippen LogP contribution in [0.3, 0.4) is 0 Å². The highest BCUT2D eigenvalue weighted by molar-refractivity contribution is 5.87. The topological polar surface area (TPSA) is 52.6 Å². The summed E-state index contributed by atoms with van der Waals surface area (Å²) >= 11 is 0. The summed E-state index contributed by atoms with van der Waals surface area (Å²) in [5.74, 6) is -1.16. The third kappa shape index (κ3) is 12.7. The monoisotopic (exact) mass is 472 g/mol. The van der Waals surface area contributed by atoms with Crippen LogP contribution in [-0.2, 0) is 25.8 Å². The largest absolute Gasteiger partial charge is 0.398 e. The van der Waals surface area contributed by atoms with E-state index < -0.39 is 16.7 Å². The van der Waals surface area contributed by atoms with E-state index in [1.54, 1.807) is 13.8 Å². The third-order valence-corrected chi connectivity index (χ3v) is 5.81. The number of hydroxylamine groups is 4. The lowest BCUT2D eigenvalue weighted by atomic mass is 10.1. The van der Waals surface area contributed by atoms with E-state index in [2.05, 4.69) is 20.1 Å². The van der Waals surface area contributed by atoms with Crippen molar-refractivity contribution in [2.45, 2.75) is 104 Å². The molecule has 0 atom stereocenters. The van der Waals surface area contributed by atoms with Gasteiger partial charge in [-0.15, -0.1) is 0 Å². The Balaban J connectivity index is 2.65. The van der Waals surface area contributed by atoms with E-state index in [0.29, 0.717) is 6.54 Å². The Kier molecular flexibility index (Phi) is 14.9. The van der Waals surface area contributed by atoms with E-state index in [1.807, 2.05) is 30.3 Å². The number of unbranched alkanes of at least 4 members (excludes halogenated alkanes) is 11. The van der Waals surface area contributed by atoms with Crippen LogP contribution in [0.15, 0.2) is 54.6 Å². The van der Waals surface area contributed by atoms with Crippen molar-refractivity contribution in [1.82, 2.24) is 0 Å². The maximum absolute atomic E-state index is 12.5. The normalized spacial score (nSPS) is 11.1. The number of hydrogen-bond acceptors (Lipinski definition) is 4. The molecule has 0 aliphatic heterocycles. The van der Waals surface area contributed by atoms with Crippen LogP contribution in [-0.4, -0.2) is 23.3 Å². The zero-order valence-corrected chi connectivity index (χ0v) is 21.8. The van der Waals surface area contributed by atoms with E-state index in [4.69, 9.17) is 9.68 Å². The number of carbonyl (C=O) groups is 2. The lowest BCUT2D eigenvalue weighted by Crippen LogP contribution is -2.50. The van der Waals surface area contributed by atoms with Crippen LogP contribution in [0.2, 0.25) is 0 Å². The van der Waals surface area contributed by atoms with Gasteiger partial charge in [0.1, 0.15) is 0 Å². The third-order valence-electron chi connectivity index (χ3n) is 5.81. The first-order valence-electron chi connectivity index (χ1n) is 13.0. The van der Waals surface area contributed by atoms with Crippen molar-refractivity contribution < 1.29 is 24.1 Å². The standard InChI is InChI=1S/C29H46NO4/c1-6-7-8-9-10-11-12-13-14-15-16-20-23-30(33-28(31)25(2)3,34-29(32)26(4)5)24-27-21-18-17-19-22-27/h17-19,21-22H,2,4,6-16,20,23-24H2,1,3,5H3/q+1. The zero-order valence-electron chi connectivity index (χ0n) is 21.8. The number of carbonyl (C=O) groups excluding carboxylic acids is 2. The summed E-state index contributed by atoms with van der Waals surface area (Å²) in [7, 11) is 0. The first-order valence-corrected chi connectivity index (χ1v) is 13.0. The summed E-state index contributed by atoms with van der Waals surface area (Å²) in [6.07, 6.45) is 14.7. The van der Waals surface area contributed by atoms with Crippen molar-refractivity contribution in [2.75, 3.05) is 6.54 Å². The summed E-state index contributed by atoms with van der Waals surface area (Å²) in [5.41, 5.74) is 1.43. The molecule has 1 rings (SSSR count). The van der Waals surface area contributed by atoms with Gasteiger partial charge in [0.25, 0.3) is 0 Å². The molecule has 34 heavy (non-hydrogen) atoms. The van der Waals surface area contributed by atoms with E-state index in [0.717, 1.165) is 24.8 Å². The second-order valence-corrected chi connectivity index (χ2v) is 9.39. The molecule has 1 aromatic rings. The Labute approximate surface area is 207 Å². The van der Waals surface area contributed by atoms with E-state index in [-0.39, 0.29) is 17.7 Å². The van der Waals surface area contributed by atoms with Crippen LogP contribution >= 0.6 is 0 Å². The average molecular weight is 473 g/mol. The molecule has 0 spiro atoms. The molecule has 0 N–H and O–H groups in total. The molecule has 0 aromatic heterocycles. The molecule has 0 saturated heterocycles. The SMILES string of the molecule is C=C(C)C(=O)O[N+](CCCCCCCCCCCCCC)(Cc1ccccc1)OC(=O)C(=C)C. The average Bonchev–Trinajstić information content (AvgIpc) is 2.80. The summed E-state index contributed by atoms with van der Waals surface area (Å²) in [6.45, 7) is 13.4. The van der Waals surface area contributed by atoms with Gasteiger partial charge in [0.15, 0.2) is 13.1 Å². The molecule has 1 aromatic carbocycles. The number of quaternary nitrogens is 1. The van der Waals surface area contributed by atoms with Gasteiger partial charge in [0.2, 0.25) is 0 Å². The van der Waals surface area contributed by atoms with Gasteiger partial charge in [-0.05, 0) is 20.3 Å². The molecule has 5 heteroatoms. The quantitative estimate of drug-likeness (QED) is 0.0893. The summed E-state index contributed by atoms with van der Waals surface area (Å²) in [6, 6.07) is 9.60. The van der Waals surface area contributed by atoms with E-state index in [1.165, 1.54) is 57.8 Å². The highest BCUT2D eigenvalue weighted by Crippen LogP contribution is 2.22. The molecule has 0 saturated carbocycles. The van der Waals surface area contributed by atoms with Gasteiger partial charge in [-0.2, -0.15) is 0 Å². The molecule has 0 fully saturated rings. The second-order valence-electron chi connectivity index (χ2n) is 9.39. The minimum absolute atomic E-state index is 0.233. The predicted molar refractivity (Wildman–Crippen MR) is 138 cm³/mol. The highest BCUT2D eigenvalue weighted by Gasteiger charge is 2.39. The molecule has 0 aliphatic carbocycles. The first-order chi connectivity index (χ1) is 16.3. The van der Waals surface area contributed by atoms with Gasteiger partial charge in [-0.1, -0.05) is 115 Å². The van der Waals surface area contributed by atoms with Gasteiger partial charge in [0.05, 0.1) is 4.81 Å². The lowest BCUT2D eigenvalue weighted by molar-refractivity contribution is -1.23. The summed E-state index contributed by atoms with van der Waals surface area (Å²) < 4.78 is 0. The van der Waals surface area contributed by atoms with E-state index >= 15 is 0 Å². The summed E-state index contributed by atoms with van der Waals surface area (Å²) in [4.78, 5) is 35.9. The number of hydrogen-bond donors (Lipinski definition) is 0. The number of nitrogens with zero attached hydrogens (tertiary/aromatic N) is 1. The first kappa shape index (κ1) is 29.6. The molecule has 190 valence electrons. The van der Waals surface area contributed by atoms with Gasteiger partial charge >= 0.3 is 11.9 Å². The van der Waals surface area contributed by atoms with Crippen molar-refractivity contribution in [3.8, 4) is 0 Å². The van der Waals surface area contributed by atoms with Gasteiger partial charge < -0.3 is 0 Å². The van der Waals surface area contributed by atoms with Crippen molar-refractivity contribution in [1.29, 1.82) is 0 Å². The van der Waals surface area contributed by atoms with Crippen LogP contribution in [0.5, 0.6) is 0 Å². The highest BCUT2D eigenvalue weighted by atomic mass is 17.0. The van der Waals surface area contributed by atoms with Crippen LogP contribution in [0, 0.1) is 0 Å². The van der Waals surface area contributed by atoms with Gasteiger partial charge in [-0.3, -0.25) is 0 Å². The maximum Gasteiger partial charge on any atom is 0.398 e. The molecule has 0 heterocycles. The lowest BCUT2D eigenvalue weighted by Gasteiger charge is -2.31. The summed E-state index contributed by atoms with van der Waals surface area (Å²) in [5, 5.41) is 0. The van der Waals surface area contributed by atoms with Crippen LogP contribution < -0.4 is 0 Å². The Morgan fingerprint density at radius 2 is 1.12 bits per heavy atom. The molecule has 0 aliphatic rings. The minimum atomic E-state index is -0.579. The Bertz CT molecular complexity index is 729. The predicted octanol–water partition coefficient (Wildman–Crippen LogP) is 7.77.